The standard InChI is InChI=1S/C17H11FN2O/c18-13-7-5-12(6-8-13)17(21)10-9-14-11-19-15-3-1-2-4-16(15)20-14/h1-11H/b10-9+. The number of carbonyl (C=O) groups is 1. The summed E-state index contributed by atoms with van der Waals surface area (Å²) in [4.78, 5) is 20.6. The molecule has 1 heterocycles. The normalized spacial score (nSPS) is 11.1. The molecular weight excluding hydrogens is 267 g/mol. The molecule has 0 saturated heterocycles. The van der Waals surface area contributed by atoms with Gasteiger partial charge in [0.2, 0.25) is 0 Å². The maximum Gasteiger partial charge on any atom is 0.185 e. The van der Waals surface area contributed by atoms with Crippen molar-refractivity contribution in [1.82, 2.24) is 9.97 Å². The third kappa shape index (κ3) is 3.00. The van der Waals surface area contributed by atoms with Gasteiger partial charge in [-0.2, -0.15) is 0 Å². The molecule has 102 valence electrons. The molecule has 0 atom stereocenters. The van der Waals surface area contributed by atoms with Crippen molar-refractivity contribution in [3.63, 3.8) is 0 Å². The Kier molecular flexibility index (Phi) is 3.51. The lowest BCUT2D eigenvalue weighted by Gasteiger charge is -1.98. The summed E-state index contributed by atoms with van der Waals surface area (Å²) < 4.78 is 12.8. The highest BCUT2D eigenvalue weighted by atomic mass is 19.1. The van der Waals surface area contributed by atoms with Crippen LogP contribution >= 0.6 is 0 Å². The van der Waals surface area contributed by atoms with Gasteiger partial charge in [0.25, 0.3) is 0 Å². The fourth-order valence-corrected chi connectivity index (χ4v) is 1.92. The van der Waals surface area contributed by atoms with E-state index in [4.69, 9.17) is 0 Å². The molecule has 4 heteroatoms. The molecule has 0 aliphatic rings. The average Bonchev–Trinajstić information content (AvgIpc) is 2.53. The minimum Gasteiger partial charge on any atom is -0.289 e. The number of carbonyl (C=O) groups excluding carboxylic acids is 1. The van der Waals surface area contributed by atoms with E-state index in [-0.39, 0.29) is 11.6 Å². The third-order valence-electron chi connectivity index (χ3n) is 3.00. The van der Waals surface area contributed by atoms with E-state index in [1.165, 1.54) is 30.3 Å². The summed E-state index contributed by atoms with van der Waals surface area (Å²) in [6.45, 7) is 0. The number of nitrogens with zero attached hydrogens (tertiary/aromatic N) is 2. The Morgan fingerprint density at radius 1 is 1.00 bits per heavy atom. The quantitative estimate of drug-likeness (QED) is 0.542. The van der Waals surface area contributed by atoms with Crippen molar-refractivity contribution in [1.29, 1.82) is 0 Å². The van der Waals surface area contributed by atoms with Crippen LogP contribution in [-0.2, 0) is 0 Å². The van der Waals surface area contributed by atoms with E-state index in [0.717, 1.165) is 11.0 Å². The number of halogens is 1. The molecule has 21 heavy (non-hydrogen) atoms. The van der Waals surface area contributed by atoms with Crippen molar-refractivity contribution in [2.75, 3.05) is 0 Å². The minimum absolute atomic E-state index is 0.204. The molecule has 0 aliphatic carbocycles. The van der Waals surface area contributed by atoms with Crippen LogP contribution in [0.15, 0.2) is 60.8 Å². The van der Waals surface area contributed by atoms with Gasteiger partial charge in [-0.1, -0.05) is 12.1 Å². The average molecular weight is 278 g/mol. The SMILES string of the molecule is O=C(/C=C/c1cnc2ccccc2n1)c1ccc(F)cc1. The Labute approximate surface area is 120 Å². The zero-order chi connectivity index (χ0) is 14.7. The van der Waals surface area contributed by atoms with Crippen LogP contribution < -0.4 is 0 Å². The van der Waals surface area contributed by atoms with Gasteiger partial charge in [0.05, 0.1) is 22.9 Å². The number of hydrogen-bond donors (Lipinski definition) is 0. The molecule has 0 bridgehead atoms. The van der Waals surface area contributed by atoms with Crippen LogP contribution in [-0.4, -0.2) is 15.8 Å². The topological polar surface area (TPSA) is 42.9 Å². The van der Waals surface area contributed by atoms with Gasteiger partial charge >= 0.3 is 0 Å². The third-order valence-corrected chi connectivity index (χ3v) is 3.00. The van der Waals surface area contributed by atoms with E-state index < -0.39 is 0 Å². The molecular formula is C17H11FN2O. The van der Waals surface area contributed by atoms with Crippen LogP contribution in [0, 0.1) is 5.82 Å². The van der Waals surface area contributed by atoms with E-state index in [1.54, 1.807) is 12.3 Å². The minimum atomic E-state index is -0.365. The predicted molar refractivity (Wildman–Crippen MR) is 79.3 cm³/mol. The number of aromatic nitrogens is 2. The van der Waals surface area contributed by atoms with Gasteiger partial charge in [0, 0.05) is 5.56 Å². The molecule has 0 N–H and O–H groups in total. The molecule has 3 rings (SSSR count). The van der Waals surface area contributed by atoms with Crippen molar-refractivity contribution in [2.24, 2.45) is 0 Å². The first-order chi connectivity index (χ1) is 10.2. The van der Waals surface area contributed by atoms with Crippen LogP contribution in [0.1, 0.15) is 16.1 Å². The number of fused-ring (bicyclic) bond motifs is 1. The molecule has 0 fully saturated rings. The van der Waals surface area contributed by atoms with Crippen LogP contribution in [0.3, 0.4) is 0 Å². The highest BCUT2D eigenvalue weighted by Crippen LogP contribution is 2.10. The molecule has 0 aliphatic heterocycles. The van der Waals surface area contributed by atoms with E-state index in [0.29, 0.717) is 11.3 Å². The zero-order valence-electron chi connectivity index (χ0n) is 11.0. The molecule has 2 aromatic carbocycles. The molecule has 0 spiro atoms. The summed E-state index contributed by atoms with van der Waals surface area (Å²) >= 11 is 0. The summed E-state index contributed by atoms with van der Waals surface area (Å²) in [6, 6.07) is 12.9. The molecule has 0 amide bonds. The summed E-state index contributed by atoms with van der Waals surface area (Å²) in [5, 5.41) is 0. The van der Waals surface area contributed by atoms with Crippen molar-refractivity contribution >= 4 is 22.9 Å². The number of rotatable bonds is 3. The lowest BCUT2D eigenvalue weighted by atomic mass is 10.1. The fraction of sp³-hybridized carbons (Fsp3) is 0. The van der Waals surface area contributed by atoms with Gasteiger partial charge in [-0.3, -0.25) is 9.78 Å². The Bertz CT molecular complexity index is 826. The van der Waals surface area contributed by atoms with Crippen molar-refractivity contribution in [3.8, 4) is 0 Å². The first-order valence-electron chi connectivity index (χ1n) is 6.42. The number of benzene rings is 2. The summed E-state index contributed by atoms with van der Waals surface area (Å²) in [5.41, 5.74) is 2.61. The molecule has 0 saturated carbocycles. The molecule has 1 aromatic heterocycles. The van der Waals surface area contributed by atoms with Crippen molar-refractivity contribution < 1.29 is 9.18 Å². The molecule has 0 unspecified atom stereocenters. The van der Waals surface area contributed by atoms with Crippen LogP contribution in [0.5, 0.6) is 0 Å². The lowest BCUT2D eigenvalue weighted by Crippen LogP contribution is -1.94. The molecule has 0 radical (unpaired) electrons. The highest BCUT2D eigenvalue weighted by Gasteiger charge is 2.02. The van der Waals surface area contributed by atoms with Crippen molar-refractivity contribution in [2.45, 2.75) is 0 Å². The summed E-state index contributed by atoms with van der Waals surface area (Å²) in [6.07, 6.45) is 4.62. The molecule has 3 aromatic rings. The van der Waals surface area contributed by atoms with Crippen LogP contribution in [0.2, 0.25) is 0 Å². The summed E-state index contributed by atoms with van der Waals surface area (Å²) in [7, 11) is 0. The lowest BCUT2D eigenvalue weighted by molar-refractivity contribution is 0.104. The smallest absolute Gasteiger partial charge is 0.185 e. The first-order valence-corrected chi connectivity index (χ1v) is 6.42. The maximum atomic E-state index is 12.8. The van der Waals surface area contributed by atoms with E-state index in [9.17, 15) is 9.18 Å². The number of hydrogen-bond acceptors (Lipinski definition) is 3. The van der Waals surface area contributed by atoms with Gasteiger partial charge in [0.15, 0.2) is 5.78 Å². The summed E-state index contributed by atoms with van der Waals surface area (Å²) in [5.74, 6) is -0.569. The Morgan fingerprint density at radius 2 is 1.71 bits per heavy atom. The van der Waals surface area contributed by atoms with Gasteiger partial charge in [0.1, 0.15) is 5.82 Å². The Hall–Kier alpha value is -2.88. The number of ketones is 1. The van der Waals surface area contributed by atoms with Gasteiger partial charge in [-0.25, -0.2) is 9.37 Å². The van der Waals surface area contributed by atoms with E-state index >= 15 is 0 Å². The number of para-hydroxylation sites is 2. The molecule has 3 nitrogen and oxygen atoms in total. The van der Waals surface area contributed by atoms with E-state index in [1.807, 2.05) is 24.3 Å². The second kappa shape index (κ2) is 5.63. The monoisotopic (exact) mass is 278 g/mol. The van der Waals surface area contributed by atoms with Gasteiger partial charge < -0.3 is 0 Å². The fourth-order valence-electron chi connectivity index (χ4n) is 1.92. The Morgan fingerprint density at radius 3 is 2.48 bits per heavy atom. The second-order valence-electron chi connectivity index (χ2n) is 4.49. The predicted octanol–water partition coefficient (Wildman–Crippen LogP) is 3.67. The number of allylic oxidation sites excluding steroid dienone is 1. The second-order valence-corrected chi connectivity index (χ2v) is 4.49. The van der Waals surface area contributed by atoms with Gasteiger partial charge in [-0.15, -0.1) is 0 Å². The van der Waals surface area contributed by atoms with Gasteiger partial charge in [-0.05, 0) is 48.6 Å². The van der Waals surface area contributed by atoms with Crippen LogP contribution in [0.25, 0.3) is 17.1 Å². The first kappa shape index (κ1) is 13.1. The zero-order valence-corrected chi connectivity index (χ0v) is 11.0. The highest BCUT2D eigenvalue weighted by molar-refractivity contribution is 6.06. The van der Waals surface area contributed by atoms with Crippen LogP contribution in [0.4, 0.5) is 4.39 Å². The van der Waals surface area contributed by atoms with Crippen molar-refractivity contribution in [3.05, 3.63) is 77.9 Å². The largest absolute Gasteiger partial charge is 0.289 e. The maximum absolute atomic E-state index is 12.8. The Balaban J connectivity index is 1.83. The van der Waals surface area contributed by atoms with E-state index in [2.05, 4.69) is 9.97 Å².